The molecule has 116 valence electrons. The molecule has 23 heavy (non-hydrogen) atoms. The summed E-state index contributed by atoms with van der Waals surface area (Å²) in [5, 5.41) is 4.37. The van der Waals surface area contributed by atoms with Crippen molar-refractivity contribution in [1.82, 2.24) is 15.0 Å². The van der Waals surface area contributed by atoms with Gasteiger partial charge in [-0.2, -0.15) is 0 Å². The first-order valence-corrected chi connectivity index (χ1v) is 8.48. The van der Waals surface area contributed by atoms with Crippen molar-refractivity contribution in [3.05, 3.63) is 34.7 Å². The van der Waals surface area contributed by atoms with E-state index >= 15 is 0 Å². The first-order valence-electron chi connectivity index (χ1n) is 7.29. The minimum absolute atomic E-state index is 0.0283. The minimum Gasteiger partial charge on any atom is -0.399 e. The molecule has 2 aromatic carbocycles. The quantitative estimate of drug-likeness (QED) is 0.279. The lowest BCUT2D eigenvalue weighted by Gasteiger charge is -2.13. The zero-order valence-corrected chi connectivity index (χ0v) is 14.6. The molecule has 4 aromatic rings. The molecule has 0 spiro atoms. The van der Waals surface area contributed by atoms with Crippen LogP contribution < -0.4 is 5.73 Å². The molecular formula is C17H15ClN4S. The fourth-order valence-electron chi connectivity index (χ4n) is 2.71. The Bertz CT molecular complexity index is 1000. The van der Waals surface area contributed by atoms with E-state index in [1.54, 1.807) is 17.5 Å². The van der Waals surface area contributed by atoms with Crippen molar-refractivity contribution in [3.8, 4) is 0 Å². The molecule has 4 rings (SSSR count). The van der Waals surface area contributed by atoms with Crippen molar-refractivity contribution in [3.63, 3.8) is 0 Å². The third-order valence-electron chi connectivity index (χ3n) is 3.83. The van der Waals surface area contributed by atoms with E-state index in [1.165, 1.54) is 0 Å². The maximum Gasteiger partial charge on any atom is 0.222 e. The van der Waals surface area contributed by atoms with Gasteiger partial charge >= 0.3 is 0 Å². The number of thiazole rings is 1. The van der Waals surface area contributed by atoms with E-state index in [1.807, 2.05) is 18.2 Å². The highest BCUT2D eigenvalue weighted by molar-refractivity contribution is 7.19. The van der Waals surface area contributed by atoms with Crippen molar-refractivity contribution in [1.29, 1.82) is 0 Å². The second-order valence-corrected chi connectivity index (χ2v) is 7.99. The molecule has 0 aliphatic carbocycles. The maximum atomic E-state index is 6.03. The second kappa shape index (κ2) is 4.76. The number of benzene rings is 2. The summed E-state index contributed by atoms with van der Waals surface area (Å²) in [7, 11) is 0. The Kier molecular flexibility index (Phi) is 3.02. The number of nitrogen functional groups attached to an aromatic ring is 1. The molecule has 2 aromatic heterocycles. The van der Waals surface area contributed by atoms with E-state index in [9.17, 15) is 0 Å². The third-order valence-corrected chi connectivity index (χ3v) is 5.50. The molecule has 0 atom stereocenters. The molecule has 6 heteroatoms. The first kappa shape index (κ1) is 14.6. The molecule has 0 bridgehead atoms. The molecule has 0 aliphatic heterocycles. The van der Waals surface area contributed by atoms with Gasteiger partial charge in [0.1, 0.15) is 0 Å². The number of halogens is 1. The molecular weight excluding hydrogens is 328 g/mol. The molecule has 0 saturated heterocycles. The lowest BCUT2D eigenvalue weighted by Crippen LogP contribution is -2.09. The predicted octanol–water partition coefficient (Wildman–Crippen LogP) is 4.93. The highest BCUT2D eigenvalue weighted by atomic mass is 35.5. The Balaban J connectivity index is 2.29. The van der Waals surface area contributed by atoms with Crippen molar-refractivity contribution in [2.24, 2.45) is 0 Å². The number of hydrogen-bond acceptors (Lipinski definition) is 5. The molecule has 0 fully saturated rings. The van der Waals surface area contributed by atoms with E-state index in [2.05, 4.69) is 30.7 Å². The monoisotopic (exact) mass is 342 g/mol. The van der Waals surface area contributed by atoms with Gasteiger partial charge in [-0.3, -0.25) is 0 Å². The molecule has 0 amide bonds. The van der Waals surface area contributed by atoms with Gasteiger partial charge in [-0.1, -0.05) is 26.8 Å². The van der Waals surface area contributed by atoms with Crippen LogP contribution in [-0.2, 0) is 5.41 Å². The summed E-state index contributed by atoms with van der Waals surface area (Å²) in [5.41, 5.74) is 8.48. The number of nitrogens with two attached hydrogens (primary N) is 1. The number of rotatable bonds is 0. The summed E-state index contributed by atoms with van der Waals surface area (Å²) < 4.78 is 1.03. The van der Waals surface area contributed by atoms with Gasteiger partial charge in [-0.05, 0) is 29.1 Å². The highest BCUT2D eigenvalue weighted by Gasteiger charge is 2.22. The topological polar surface area (TPSA) is 64.7 Å². The minimum atomic E-state index is -0.0283. The third kappa shape index (κ3) is 2.23. The van der Waals surface area contributed by atoms with Gasteiger partial charge in [0.25, 0.3) is 0 Å². The molecule has 2 heterocycles. The van der Waals surface area contributed by atoms with Crippen LogP contribution in [0, 0.1) is 0 Å². The van der Waals surface area contributed by atoms with Crippen molar-refractivity contribution < 1.29 is 0 Å². The Labute approximate surface area is 142 Å². The van der Waals surface area contributed by atoms with Gasteiger partial charge in [0.2, 0.25) is 5.28 Å². The van der Waals surface area contributed by atoms with Crippen LogP contribution in [0.1, 0.15) is 25.8 Å². The van der Waals surface area contributed by atoms with Gasteiger partial charge < -0.3 is 5.73 Å². The Hall–Kier alpha value is -1.98. The molecule has 4 nitrogen and oxygen atoms in total. The van der Waals surface area contributed by atoms with Crippen LogP contribution >= 0.6 is 22.9 Å². The van der Waals surface area contributed by atoms with Crippen molar-refractivity contribution in [2.45, 2.75) is 26.2 Å². The van der Waals surface area contributed by atoms with Gasteiger partial charge in [0, 0.05) is 28.1 Å². The average molecular weight is 343 g/mol. The number of hydrogen-bond donors (Lipinski definition) is 1. The van der Waals surface area contributed by atoms with E-state index in [0.29, 0.717) is 0 Å². The zero-order valence-electron chi connectivity index (χ0n) is 13.0. The van der Waals surface area contributed by atoms with Crippen LogP contribution in [0.2, 0.25) is 5.28 Å². The van der Waals surface area contributed by atoms with Crippen LogP contribution in [0.5, 0.6) is 0 Å². The Morgan fingerprint density at radius 1 is 1.04 bits per heavy atom. The zero-order chi connectivity index (χ0) is 16.4. The van der Waals surface area contributed by atoms with Crippen LogP contribution in [0.3, 0.4) is 0 Å². The van der Waals surface area contributed by atoms with Crippen LogP contribution in [0.15, 0.2) is 24.4 Å². The summed E-state index contributed by atoms with van der Waals surface area (Å²) in [6, 6.07) is 5.86. The summed E-state index contributed by atoms with van der Waals surface area (Å²) in [5.74, 6) is 0. The maximum absolute atomic E-state index is 6.03. The molecule has 0 saturated carbocycles. The second-order valence-electron chi connectivity index (χ2n) is 6.65. The van der Waals surface area contributed by atoms with Crippen molar-refractivity contribution >= 4 is 60.5 Å². The first-order chi connectivity index (χ1) is 10.8. The SMILES string of the molecule is CC(C)(C)c1nc2c3cc(N)ccc3c3cnc(Cl)nc3c2s1. The van der Waals surface area contributed by atoms with Crippen LogP contribution in [-0.4, -0.2) is 15.0 Å². The lowest BCUT2D eigenvalue weighted by molar-refractivity contribution is 0.587. The predicted molar refractivity (Wildman–Crippen MR) is 98.3 cm³/mol. The molecule has 0 unspecified atom stereocenters. The fourth-order valence-corrected chi connectivity index (χ4v) is 3.98. The summed E-state index contributed by atoms with van der Waals surface area (Å²) in [4.78, 5) is 13.5. The fraction of sp³-hybridized carbons (Fsp3) is 0.235. The number of fused-ring (bicyclic) bond motifs is 6. The molecule has 0 aliphatic rings. The highest BCUT2D eigenvalue weighted by Crippen LogP contribution is 2.40. The molecule has 2 N–H and O–H groups in total. The van der Waals surface area contributed by atoms with Gasteiger partial charge in [0.05, 0.1) is 20.7 Å². The van der Waals surface area contributed by atoms with Crippen molar-refractivity contribution in [2.75, 3.05) is 5.73 Å². The van der Waals surface area contributed by atoms with Gasteiger partial charge in [-0.25, -0.2) is 15.0 Å². The molecule has 0 radical (unpaired) electrons. The van der Waals surface area contributed by atoms with E-state index in [4.69, 9.17) is 22.3 Å². The number of nitrogens with zero attached hydrogens (tertiary/aromatic N) is 3. The van der Waals surface area contributed by atoms with E-state index in [0.717, 1.165) is 42.6 Å². The standard InChI is InChI=1S/C17H15ClN4S/c1-17(2,3)15-21-12-10-6-8(19)4-5-9(10)11-7-20-16(18)22-13(11)14(12)23-15/h4-7H,19H2,1-3H3. The van der Waals surface area contributed by atoms with Gasteiger partial charge in [-0.15, -0.1) is 11.3 Å². The Morgan fingerprint density at radius 3 is 2.52 bits per heavy atom. The average Bonchev–Trinajstić information content (AvgIpc) is 2.93. The number of anilines is 1. The van der Waals surface area contributed by atoms with Crippen LogP contribution in [0.4, 0.5) is 5.69 Å². The lowest BCUT2D eigenvalue weighted by atomic mass is 9.98. The summed E-state index contributed by atoms with van der Waals surface area (Å²) in [6.07, 6.45) is 1.78. The van der Waals surface area contributed by atoms with E-state index < -0.39 is 0 Å². The smallest absolute Gasteiger partial charge is 0.222 e. The summed E-state index contributed by atoms with van der Waals surface area (Å²) in [6.45, 7) is 6.47. The van der Waals surface area contributed by atoms with Crippen LogP contribution in [0.25, 0.3) is 31.9 Å². The van der Waals surface area contributed by atoms with Gasteiger partial charge in [0.15, 0.2) is 0 Å². The summed E-state index contributed by atoms with van der Waals surface area (Å²) >= 11 is 7.70. The number of aromatic nitrogens is 3. The Morgan fingerprint density at radius 2 is 1.78 bits per heavy atom. The largest absolute Gasteiger partial charge is 0.399 e. The normalized spacial score (nSPS) is 12.5. The van der Waals surface area contributed by atoms with E-state index in [-0.39, 0.29) is 10.7 Å².